The first-order valence-corrected chi connectivity index (χ1v) is 10.3. The predicted octanol–water partition coefficient (Wildman–Crippen LogP) is 3.71. The zero-order valence-corrected chi connectivity index (χ0v) is 17.8. The number of methoxy groups -OCH3 is 1. The Kier molecular flexibility index (Phi) is 5.86. The minimum atomic E-state index is 0.0116. The van der Waals surface area contributed by atoms with Gasteiger partial charge in [-0.15, -0.1) is 0 Å². The lowest BCUT2D eigenvalue weighted by Gasteiger charge is -2.35. The number of likely N-dealkylation sites (tertiary alicyclic amines) is 1. The van der Waals surface area contributed by atoms with E-state index in [0.717, 1.165) is 42.9 Å². The summed E-state index contributed by atoms with van der Waals surface area (Å²) in [6, 6.07) is 17.8. The van der Waals surface area contributed by atoms with Crippen molar-refractivity contribution < 1.29 is 9.53 Å². The van der Waals surface area contributed by atoms with E-state index in [1.165, 1.54) is 0 Å². The van der Waals surface area contributed by atoms with Gasteiger partial charge in [-0.25, -0.2) is 4.68 Å². The van der Waals surface area contributed by atoms with Crippen LogP contribution in [0.2, 0.25) is 0 Å². The summed E-state index contributed by atoms with van der Waals surface area (Å²) in [5.41, 5.74) is 3.12. The normalized spacial score (nSPS) is 15.2. The minimum Gasteiger partial charge on any atom is -0.497 e. The van der Waals surface area contributed by atoms with Crippen molar-refractivity contribution in [1.29, 1.82) is 0 Å². The number of benzene rings is 2. The molecule has 4 rings (SSSR count). The predicted molar refractivity (Wildman–Crippen MR) is 118 cm³/mol. The van der Waals surface area contributed by atoms with Gasteiger partial charge in [-0.3, -0.25) is 4.79 Å². The van der Waals surface area contributed by atoms with E-state index in [9.17, 15) is 4.79 Å². The Morgan fingerprint density at radius 1 is 1.07 bits per heavy atom. The number of nitrogens with zero attached hydrogens (tertiary/aromatic N) is 4. The van der Waals surface area contributed by atoms with Crippen molar-refractivity contribution in [2.75, 3.05) is 34.3 Å². The van der Waals surface area contributed by atoms with Gasteiger partial charge >= 0.3 is 0 Å². The van der Waals surface area contributed by atoms with Crippen LogP contribution < -0.4 is 4.74 Å². The van der Waals surface area contributed by atoms with Gasteiger partial charge in [0.05, 0.1) is 18.4 Å². The van der Waals surface area contributed by atoms with E-state index < -0.39 is 0 Å². The maximum atomic E-state index is 13.5. The lowest BCUT2D eigenvalue weighted by molar-refractivity contribution is 0.0660. The fraction of sp³-hybridized carbons (Fsp3) is 0.333. The summed E-state index contributed by atoms with van der Waals surface area (Å²) in [5, 5.41) is 4.79. The van der Waals surface area contributed by atoms with Crippen molar-refractivity contribution in [1.82, 2.24) is 19.6 Å². The third-order valence-electron chi connectivity index (χ3n) is 5.88. The Morgan fingerprint density at radius 3 is 2.37 bits per heavy atom. The van der Waals surface area contributed by atoms with Crippen LogP contribution in [0.25, 0.3) is 16.9 Å². The van der Waals surface area contributed by atoms with Crippen LogP contribution in [-0.4, -0.2) is 65.8 Å². The van der Waals surface area contributed by atoms with E-state index in [1.807, 2.05) is 72.7 Å². The molecule has 6 nitrogen and oxygen atoms in total. The smallest absolute Gasteiger partial charge is 0.257 e. The molecule has 30 heavy (non-hydrogen) atoms. The van der Waals surface area contributed by atoms with Crippen molar-refractivity contribution in [3.63, 3.8) is 0 Å². The molecule has 1 amide bonds. The molecule has 2 aromatic carbocycles. The largest absolute Gasteiger partial charge is 0.497 e. The SMILES string of the molecule is COc1ccc(-c2nn(-c3ccccc3)cc2C(=O)N(C)C2CCN(C)CC2)cc1. The first kappa shape index (κ1) is 20.2. The van der Waals surface area contributed by atoms with E-state index >= 15 is 0 Å². The quantitative estimate of drug-likeness (QED) is 0.650. The molecular formula is C24H28N4O2. The summed E-state index contributed by atoms with van der Waals surface area (Å²) < 4.78 is 7.07. The van der Waals surface area contributed by atoms with Crippen LogP contribution in [0, 0.1) is 0 Å². The van der Waals surface area contributed by atoms with Gasteiger partial charge in [0.25, 0.3) is 5.91 Å². The maximum Gasteiger partial charge on any atom is 0.257 e. The lowest BCUT2D eigenvalue weighted by atomic mass is 10.0. The summed E-state index contributed by atoms with van der Waals surface area (Å²) >= 11 is 0. The number of ether oxygens (including phenoxy) is 1. The average molecular weight is 405 g/mol. The third-order valence-corrected chi connectivity index (χ3v) is 5.88. The number of rotatable bonds is 5. The number of carbonyl (C=O) groups is 1. The highest BCUT2D eigenvalue weighted by atomic mass is 16.5. The maximum absolute atomic E-state index is 13.5. The van der Waals surface area contributed by atoms with Gasteiger partial charge in [-0.2, -0.15) is 5.10 Å². The van der Waals surface area contributed by atoms with Crippen LogP contribution in [0.5, 0.6) is 5.75 Å². The van der Waals surface area contributed by atoms with Crippen LogP contribution in [0.3, 0.4) is 0 Å². The van der Waals surface area contributed by atoms with Crippen molar-refractivity contribution in [3.8, 4) is 22.7 Å². The average Bonchev–Trinajstić information content (AvgIpc) is 3.25. The summed E-state index contributed by atoms with van der Waals surface area (Å²) in [4.78, 5) is 17.7. The van der Waals surface area contributed by atoms with Gasteiger partial charge in [0, 0.05) is 24.8 Å². The van der Waals surface area contributed by atoms with Gasteiger partial charge in [-0.1, -0.05) is 18.2 Å². The molecule has 6 heteroatoms. The van der Waals surface area contributed by atoms with E-state index in [-0.39, 0.29) is 11.9 Å². The second kappa shape index (κ2) is 8.71. The molecule has 1 aliphatic heterocycles. The Balaban J connectivity index is 1.71. The summed E-state index contributed by atoms with van der Waals surface area (Å²) in [6.07, 6.45) is 3.83. The molecule has 0 saturated carbocycles. The first-order chi connectivity index (χ1) is 14.6. The number of piperidine rings is 1. The standard InChI is InChI=1S/C24H28N4O2/c1-26-15-13-19(14-16-26)27(2)24(29)22-17-28(20-7-5-4-6-8-20)25-23(22)18-9-11-21(30-3)12-10-18/h4-12,17,19H,13-16H2,1-3H3. The molecule has 0 aliphatic carbocycles. The number of amides is 1. The lowest BCUT2D eigenvalue weighted by Crippen LogP contribution is -2.44. The van der Waals surface area contributed by atoms with Crippen molar-refractivity contribution >= 4 is 5.91 Å². The van der Waals surface area contributed by atoms with E-state index in [0.29, 0.717) is 11.3 Å². The van der Waals surface area contributed by atoms with Crippen molar-refractivity contribution in [3.05, 3.63) is 66.4 Å². The molecule has 0 radical (unpaired) electrons. The molecule has 0 atom stereocenters. The number of hydrogen-bond acceptors (Lipinski definition) is 4. The molecule has 0 unspecified atom stereocenters. The molecule has 1 saturated heterocycles. The molecule has 0 N–H and O–H groups in total. The highest BCUT2D eigenvalue weighted by Gasteiger charge is 2.28. The van der Waals surface area contributed by atoms with Crippen LogP contribution in [0.1, 0.15) is 23.2 Å². The molecule has 156 valence electrons. The van der Waals surface area contributed by atoms with Gasteiger partial charge < -0.3 is 14.5 Å². The third kappa shape index (κ3) is 4.09. The molecule has 3 aromatic rings. The summed E-state index contributed by atoms with van der Waals surface area (Å²) in [7, 11) is 5.68. The molecule has 1 aliphatic rings. The Morgan fingerprint density at radius 2 is 1.73 bits per heavy atom. The Hall–Kier alpha value is -3.12. The summed E-state index contributed by atoms with van der Waals surface area (Å²) in [5.74, 6) is 0.787. The Labute approximate surface area is 177 Å². The molecule has 0 bridgehead atoms. The Bertz CT molecular complexity index is 990. The van der Waals surface area contributed by atoms with Gasteiger partial charge in [0.15, 0.2) is 0 Å². The van der Waals surface area contributed by atoms with Gasteiger partial charge in [0.2, 0.25) is 0 Å². The van der Waals surface area contributed by atoms with Gasteiger partial charge in [-0.05, 0) is 69.4 Å². The summed E-state index contributed by atoms with van der Waals surface area (Å²) in [6.45, 7) is 2.02. The van der Waals surface area contributed by atoms with Crippen LogP contribution in [0.15, 0.2) is 60.8 Å². The van der Waals surface area contributed by atoms with E-state index in [2.05, 4.69) is 11.9 Å². The molecular weight excluding hydrogens is 376 g/mol. The molecule has 1 fully saturated rings. The second-order valence-electron chi connectivity index (χ2n) is 7.85. The minimum absolute atomic E-state index is 0.0116. The zero-order valence-electron chi connectivity index (χ0n) is 17.8. The van der Waals surface area contributed by atoms with Crippen LogP contribution in [0.4, 0.5) is 0 Å². The molecule has 0 spiro atoms. The number of hydrogen-bond donors (Lipinski definition) is 0. The first-order valence-electron chi connectivity index (χ1n) is 10.3. The second-order valence-corrected chi connectivity index (χ2v) is 7.85. The van der Waals surface area contributed by atoms with Crippen LogP contribution >= 0.6 is 0 Å². The number of aromatic nitrogens is 2. The number of carbonyl (C=O) groups excluding carboxylic acids is 1. The fourth-order valence-electron chi connectivity index (χ4n) is 3.94. The van der Waals surface area contributed by atoms with Gasteiger partial charge in [0.1, 0.15) is 11.4 Å². The van der Waals surface area contributed by atoms with E-state index in [4.69, 9.17) is 9.84 Å². The monoisotopic (exact) mass is 404 g/mol. The highest BCUT2D eigenvalue weighted by molar-refractivity contribution is 6.00. The van der Waals surface area contributed by atoms with Crippen molar-refractivity contribution in [2.45, 2.75) is 18.9 Å². The fourth-order valence-corrected chi connectivity index (χ4v) is 3.94. The highest BCUT2D eigenvalue weighted by Crippen LogP contribution is 2.28. The van der Waals surface area contributed by atoms with E-state index in [1.54, 1.807) is 11.8 Å². The zero-order chi connectivity index (χ0) is 21.1. The topological polar surface area (TPSA) is 50.6 Å². The number of para-hydroxylation sites is 1. The molecule has 1 aromatic heterocycles. The van der Waals surface area contributed by atoms with Crippen LogP contribution in [-0.2, 0) is 0 Å². The molecule has 2 heterocycles. The van der Waals surface area contributed by atoms with Crippen molar-refractivity contribution in [2.24, 2.45) is 0 Å².